The van der Waals surface area contributed by atoms with E-state index in [1.807, 2.05) is 53.4 Å². The summed E-state index contributed by atoms with van der Waals surface area (Å²) in [5.41, 5.74) is 2.98. The third-order valence-corrected chi connectivity index (χ3v) is 5.51. The molecule has 1 saturated heterocycles. The van der Waals surface area contributed by atoms with Gasteiger partial charge in [-0.3, -0.25) is 14.5 Å². The lowest BCUT2D eigenvalue weighted by Crippen LogP contribution is -2.50. The molecular formula is C24H30N2O3. The number of methoxy groups -OCH3 is 1. The molecule has 0 aromatic heterocycles. The van der Waals surface area contributed by atoms with Crippen molar-refractivity contribution in [2.45, 2.75) is 26.2 Å². The third kappa shape index (κ3) is 5.67. The lowest BCUT2D eigenvalue weighted by molar-refractivity contribution is -0.132. The molecule has 0 aliphatic carbocycles. The fourth-order valence-corrected chi connectivity index (χ4v) is 3.53. The van der Waals surface area contributed by atoms with E-state index in [2.05, 4.69) is 18.7 Å². The van der Waals surface area contributed by atoms with Crippen LogP contribution in [-0.2, 0) is 11.2 Å². The maximum Gasteiger partial charge on any atom is 0.227 e. The Morgan fingerprint density at radius 2 is 1.55 bits per heavy atom. The molecule has 0 N–H and O–H groups in total. The average molecular weight is 395 g/mol. The van der Waals surface area contributed by atoms with Gasteiger partial charge in [0.05, 0.1) is 20.1 Å². The molecule has 154 valence electrons. The molecule has 3 rings (SSSR count). The van der Waals surface area contributed by atoms with Crippen molar-refractivity contribution in [3.8, 4) is 5.75 Å². The summed E-state index contributed by atoms with van der Waals surface area (Å²) >= 11 is 0. The summed E-state index contributed by atoms with van der Waals surface area (Å²) in [7, 11) is 1.63. The van der Waals surface area contributed by atoms with Crippen LogP contribution in [0.25, 0.3) is 0 Å². The fourth-order valence-electron chi connectivity index (χ4n) is 3.53. The first-order valence-electron chi connectivity index (χ1n) is 10.2. The normalized spacial score (nSPS) is 14.8. The maximum absolute atomic E-state index is 12.6. The Labute approximate surface area is 173 Å². The summed E-state index contributed by atoms with van der Waals surface area (Å²) in [5, 5.41) is 0. The number of Topliss-reactive ketones (excluding diaryl/α,β-unsaturated/α-hetero) is 1. The molecule has 0 bridgehead atoms. The van der Waals surface area contributed by atoms with E-state index in [0.717, 1.165) is 30.0 Å². The number of hydrogen-bond acceptors (Lipinski definition) is 4. The molecule has 0 atom stereocenters. The SMILES string of the molecule is COc1ccc(CC(=O)N2CCN(CC(=O)c3ccc(C(C)C)cc3)CC2)cc1. The number of ether oxygens (including phenoxy) is 1. The molecule has 1 heterocycles. The second-order valence-corrected chi connectivity index (χ2v) is 7.88. The minimum atomic E-state index is 0.130. The largest absolute Gasteiger partial charge is 0.497 e. The van der Waals surface area contributed by atoms with Crippen molar-refractivity contribution >= 4 is 11.7 Å². The van der Waals surface area contributed by atoms with Crippen LogP contribution in [-0.4, -0.2) is 61.3 Å². The van der Waals surface area contributed by atoms with Gasteiger partial charge < -0.3 is 9.64 Å². The van der Waals surface area contributed by atoms with Crippen molar-refractivity contribution in [2.24, 2.45) is 0 Å². The van der Waals surface area contributed by atoms with Gasteiger partial charge in [-0.25, -0.2) is 0 Å². The Morgan fingerprint density at radius 3 is 2.10 bits per heavy atom. The second-order valence-electron chi connectivity index (χ2n) is 7.88. The first kappa shape index (κ1) is 21.1. The van der Waals surface area contributed by atoms with Crippen LogP contribution in [0.5, 0.6) is 5.75 Å². The van der Waals surface area contributed by atoms with E-state index in [0.29, 0.717) is 32.0 Å². The zero-order valence-electron chi connectivity index (χ0n) is 17.6. The molecule has 0 saturated carbocycles. The van der Waals surface area contributed by atoms with Gasteiger partial charge in [-0.05, 0) is 29.2 Å². The zero-order chi connectivity index (χ0) is 20.8. The van der Waals surface area contributed by atoms with Gasteiger partial charge in [-0.2, -0.15) is 0 Å². The highest BCUT2D eigenvalue weighted by atomic mass is 16.5. The highest BCUT2D eigenvalue weighted by molar-refractivity contribution is 5.97. The van der Waals surface area contributed by atoms with E-state index in [-0.39, 0.29) is 11.7 Å². The lowest BCUT2D eigenvalue weighted by atomic mass is 10.0. The summed E-state index contributed by atoms with van der Waals surface area (Å²) in [6, 6.07) is 15.5. The van der Waals surface area contributed by atoms with Crippen molar-refractivity contribution < 1.29 is 14.3 Å². The first-order valence-corrected chi connectivity index (χ1v) is 10.2. The molecule has 5 heteroatoms. The smallest absolute Gasteiger partial charge is 0.227 e. The van der Waals surface area contributed by atoms with Crippen molar-refractivity contribution in [1.82, 2.24) is 9.80 Å². The second kappa shape index (κ2) is 9.70. The summed E-state index contributed by atoms with van der Waals surface area (Å²) in [5.74, 6) is 1.52. The summed E-state index contributed by atoms with van der Waals surface area (Å²) in [4.78, 5) is 29.2. The quantitative estimate of drug-likeness (QED) is 0.676. The van der Waals surface area contributed by atoms with E-state index in [1.165, 1.54) is 5.56 Å². The molecule has 0 spiro atoms. The number of piperazine rings is 1. The van der Waals surface area contributed by atoms with Gasteiger partial charge in [-0.15, -0.1) is 0 Å². The fraction of sp³-hybridized carbons (Fsp3) is 0.417. The third-order valence-electron chi connectivity index (χ3n) is 5.51. The highest BCUT2D eigenvalue weighted by Crippen LogP contribution is 2.16. The van der Waals surface area contributed by atoms with Crippen molar-refractivity contribution in [1.29, 1.82) is 0 Å². The van der Waals surface area contributed by atoms with Crippen LogP contribution in [0.15, 0.2) is 48.5 Å². The predicted molar refractivity (Wildman–Crippen MR) is 115 cm³/mol. The minimum Gasteiger partial charge on any atom is -0.497 e. The van der Waals surface area contributed by atoms with Crippen LogP contribution in [0.2, 0.25) is 0 Å². The molecule has 2 aromatic rings. The molecule has 29 heavy (non-hydrogen) atoms. The van der Waals surface area contributed by atoms with Crippen LogP contribution in [0.3, 0.4) is 0 Å². The molecule has 1 aliphatic heterocycles. The summed E-state index contributed by atoms with van der Waals surface area (Å²) in [6.45, 7) is 7.47. The maximum atomic E-state index is 12.6. The summed E-state index contributed by atoms with van der Waals surface area (Å²) in [6.07, 6.45) is 0.394. The monoisotopic (exact) mass is 394 g/mol. The lowest BCUT2D eigenvalue weighted by Gasteiger charge is -2.34. The number of carbonyl (C=O) groups is 2. The molecule has 0 unspecified atom stereocenters. The van der Waals surface area contributed by atoms with Crippen LogP contribution in [0.1, 0.15) is 41.3 Å². The van der Waals surface area contributed by atoms with Crippen molar-refractivity contribution in [3.05, 3.63) is 65.2 Å². The molecular weight excluding hydrogens is 364 g/mol. The predicted octanol–water partition coefficient (Wildman–Crippen LogP) is 3.39. The van der Waals surface area contributed by atoms with Crippen LogP contribution in [0.4, 0.5) is 0 Å². The van der Waals surface area contributed by atoms with Crippen LogP contribution >= 0.6 is 0 Å². The van der Waals surface area contributed by atoms with E-state index < -0.39 is 0 Å². The van der Waals surface area contributed by atoms with E-state index in [9.17, 15) is 9.59 Å². The first-order chi connectivity index (χ1) is 14.0. The molecule has 1 amide bonds. The number of carbonyl (C=O) groups excluding carboxylic acids is 2. The number of ketones is 1. The Balaban J connectivity index is 1.46. The molecule has 5 nitrogen and oxygen atoms in total. The Bertz CT molecular complexity index is 820. The molecule has 2 aromatic carbocycles. The zero-order valence-corrected chi connectivity index (χ0v) is 17.6. The number of benzene rings is 2. The van der Waals surface area contributed by atoms with Gasteiger partial charge in [0.15, 0.2) is 5.78 Å². The minimum absolute atomic E-state index is 0.130. The van der Waals surface area contributed by atoms with Gasteiger partial charge in [0.25, 0.3) is 0 Å². The van der Waals surface area contributed by atoms with Crippen LogP contribution in [0, 0.1) is 0 Å². The Kier molecular flexibility index (Phi) is 7.04. The molecule has 0 radical (unpaired) electrons. The van der Waals surface area contributed by atoms with Crippen molar-refractivity contribution in [2.75, 3.05) is 39.8 Å². The average Bonchev–Trinajstić information content (AvgIpc) is 2.74. The van der Waals surface area contributed by atoms with Gasteiger partial charge in [-0.1, -0.05) is 50.2 Å². The van der Waals surface area contributed by atoms with Crippen molar-refractivity contribution in [3.63, 3.8) is 0 Å². The van der Waals surface area contributed by atoms with Gasteiger partial charge in [0.1, 0.15) is 5.75 Å². The topological polar surface area (TPSA) is 49.9 Å². The Morgan fingerprint density at radius 1 is 0.931 bits per heavy atom. The molecule has 1 fully saturated rings. The van der Waals surface area contributed by atoms with Gasteiger partial charge in [0.2, 0.25) is 5.91 Å². The highest BCUT2D eigenvalue weighted by Gasteiger charge is 2.23. The number of hydrogen-bond donors (Lipinski definition) is 0. The van der Waals surface area contributed by atoms with E-state index >= 15 is 0 Å². The number of amides is 1. The van der Waals surface area contributed by atoms with E-state index in [1.54, 1.807) is 7.11 Å². The van der Waals surface area contributed by atoms with E-state index in [4.69, 9.17) is 4.74 Å². The number of nitrogens with zero attached hydrogens (tertiary/aromatic N) is 2. The summed E-state index contributed by atoms with van der Waals surface area (Å²) < 4.78 is 5.15. The Hall–Kier alpha value is -2.66. The molecule has 1 aliphatic rings. The van der Waals surface area contributed by atoms with Gasteiger partial charge in [0, 0.05) is 31.7 Å². The van der Waals surface area contributed by atoms with Gasteiger partial charge >= 0.3 is 0 Å². The van der Waals surface area contributed by atoms with Crippen LogP contribution < -0.4 is 4.74 Å². The standard InChI is InChI=1S/C24H30N2O3/c1-18(2)20-6-8-21(9-7-20)23(27)17-25-12-14-26(15-13-25)24(28)16-19-4-10-22(29-3)11-5-19/h4-11,18H,12-17H2,1-3H3. The number of rotatable bonds is 7.